The van der Waals surface area contributed by atoms with E-state index in [1.54, 1.807) is 0 Å². The maximum Gasteiger partial charge on any atom is 0.227 e. The van der Waals surface area contributed by atoms with Gasteiger partial charge in [-0.05, 0) is 50.8 Å². The lowest BCUT2D eigenvalue weighted by Gasteiger charge is -2.35. The fourth-order valence-electron chi connectivity index (χ4n) is 4.19. The number of carbonyl (C=O) groups excluding carboxylic acids is 2. The molecule has 148 valence electrons. The number of nitrogens with two attached hydrogens (primary N) is 1. The third-order valence-corrected chi connectivity index (χ3v) is 5.73. The number of ether oxygens (including phenoxy) is 1. The largest absolute Gasteiger partial charge is 0.493 e. The Labute approximate surface area is 161 Å². The van der Waals surface area contributed by atoms with Crippen LogP contribution in [-0.2, 0) is 9.59 Å². The van der Waals surface area contributed by atoms with Crippen LogP contribution in [0.2, 0.25) is 0 Å². The topological polar surface area (TPSA) is 75.9 Å². The van der Waals surface area contributed by atoms with E-state index in [2.05, 4.69) is 6.92 Å². The number of para-hydroxylation sites is 1. The van der Waals surface area contributed by atoms with Crippen LogP contribution in [0.5, 0.6) is 5.75 Å². The Morgan fingerprint density at radius 3 is 2.70 bits per heavy atom. The van der Waals surface area contributed by atoms with Crippen molar-refractivity contribution in [2.45, 2.75) is 38.6 Å². The van der Waals surface area contributed by atoms with Gasteiger partial charge in [0.05, 0.1) is 18.9 Å². The van der Waals surface area contributed by atoms with Crippen LogP contribution in [0.25, 0.3) is 0 Å². The van der Waals surface area contributed by atoms with Gasteiger partial charge in [0.2, 0.25) is 11.8 Å². The number of amides is 2. The van der Waals surface area contributed by atoms with Gasteiger partial charge in [0, 0.05) is 25.7 Å². The van der Waals surface area contributed by atoms with E-state index in [0.717, 1.165) is 38.1 Å². The Morgan fingerprint density at radius 2 is 2.00 bits per heavy atom. The van der Waals surface area contributed by atoms with E-state index in [-0.39, 0.29) is 23.8 Å². The van der Waals surface area contributed by atoms with Crippen molar-refractivity contribution in [3.63, 3.8) is 0 Å². The van der Waals surface area contributed by atoms with Crippen molar-refractivity contribution in [2.75, 3.05) is 32.8 Å². The first-order valence-corrected chi connectivity index (χ1v) is 10.0. The molecule has 1 aromatic carbocycles. The summed E-state index contributed by atoms with van der Waals surface area (Å²) in [5.74, 6) is 1.35. The number of likely N-dealkylation sites (tertiary alicyclic amines) is 2. The summed E-state index contributed by atoms with van der Waals surface area (Å²) in [6.07, 6.45) is 3.06. The monoisotopic (exact) mass is 373 g/mol. The normalized spacial score (nSPS) is 25.5. The zero-order chi connectivity index (χ0) is 19.2. The quantitative estimate of drug-likeness (QED) is 0.826. The van der Waals surface area contributed by atoms with Crippen LogP contribution in [0.3, 0.4) is 0 Å². The Morgan fingerprint density at radius 1 is 1.22 bits per heavy atom. The Bertz CT molecular complexity index is 637. The summed E-state index contributed by atoms with van der Waals surface area (Å²) in [6.45, 7) is 5.10. The lowest BCUT2D eigenvalue weighted by Crippen LogP contribution is -2.47. The second-order valence-corrected chi connectivity index (χ2v) is 7.77. The third kappa shape index (κ3) is 5.01. The molecule has 0 spiro atoms. The minimum absolute atomic E-state index is 0.0673. The number of benzene rings is 1. The molecule has 2 saturated heterocycles. The van der Waals surface area contributed by atoms with Crippen LogP contribution < -0.4 is 10.5 Å². The Kier molecular flexibility index (Phi) is 6.72. The second-order valence-electron chi connectivity index (χ2n) is 7.77. The molecule has 2 aliphatic rings. The molecule has 2 aliphatic heterocycles. The molecule has 0 bridgehead atoms. The lowest BCUT2D eigenvalue weighted by atomic mass is 9.96. The Balaban J connectivity index is 1.48. The zero-order valence-electron chi connectivity index (χ0n) is 16.2. The number of rotatable bonds is 6. The molecule has 3 unspecified atom stereocenters. The minimum Gasteiger partial charge on any atom is -0.493 e. The first kappa shape index (κ1) is 19.7. The molecule has 0 aliphatic carbocycles. The van der Waals surface area contributed by atoms with Crippen molar-refractivity contribution in [1.82, 2.24) is 9.80 Å². The van der Waals surface area contributed by atoms with E-state index in [4.69, 9.17) is 10.5 Å². The second kappa shape index (κ2) is 9.22. The summed E-state index contributed by atoms with van der Waals surface area (Å²) in [6, 6.07) is 9.76. The van der Waals surface area contributed by atoms with Gasteiger partial charge in [0.15, 0.2) is 0 Å². The molecule has 27 heavy (non-hydrogen) atoms. The standard InChI is InChI=1S/C21H31N3O3/c1-16-12-17(13-22)14-24(16)21(26)18-6-5-10-23(15-18)20(25)9-11-27-19-7-3-2-4-8-19/h2-4,7-8,16-18H,5-6,9-15,22H2,1H3. The fourth-order valence-corrected chi connectivity index (χ4v) is 4.19. The molecular formula is C21H31N3O3. The number of hydrogen-bond donors (Lipinski definition) is 1. The smallest absolute Gasteiger partial charge is 0.227 e. The van der Waals surface area contributed by atoms with Crippen LogP contribution in [0, 0.1) is 11.8 Å². The van der Waals surface area contributed by atoms with Gasteiger partial charge < -0.3 is 20.3 Å². The van der Waals surface area contributed by atoms with Crippen LogP contribution in [-0.4, -0.2) is 60.4 Å². The van der Waals surface area contributed by atoms with Gasteiger partial charge in [-0.1, -0.05) is 18.2 Å². The van der Waals surface area contributed by atoms with Gasteiger partial charge in [-0.15, -0.1) is 0 Å². The van der Waals surface area contributed by atoms with Crippen LogP contribution in [0.15, 0.2) is 30.3 Å². The number of carbonyl (C=O) groups is 2. The zero-order valence-corrected chi connectivity index (χ0v) is 16.2. The predicted molar refractivity (Wildman–Crippen MR) is 104 cm³/mol. The molecule has 0 aromatic heterocycles. The first-order chi connectivity index (χ1) is 13.1. The summed E-state index contributed by atoms with van der Waals surface area (Å²) in [5.41, 5.74) is 5.78. The molecule has 0 saturated carbocycles. The molecule has 2 fully saturated rings. The Hall–Kier alpha value is -2.08. The molecule has 2 amide bonds. The predicted octanol–water partition coefficient (Wildman–Crippen LogP) is 1.89. The SMILES string of the molecule is CC1CC(CN)CN1C(=O)C1CCCN(C(=O)CCOc2ccccc2)C1. The van der Waals surface area contributed by atoms with E-state index in [1.165, 1.54) is 0 Å². The third-order valence-electron chi connectivity index (χ3n) is 5.73. The number of nitrogens with zero attached hydrogens (tertiary/aromatic N) is 2. The van der Waals surface area contributed by atoms with Gasteiger partial charge in [-0.2, -0.15) is 0 Å². The number of piperidine rings is 1. The van der Waals surface area contributed by atoms with Crippen molar-refractivity contribution in [3.8, 4) is 5.75 Å². The maximum atomic E-state index is 13.0. The molecule has 0 radical (unpaired) electrons. The average Bonchev–Trinajstić information content (AvgIpc) is 3.09. The van der Waals surface area contributed by atoms with Crippen molar-refractivity contribution in [2.24, 2.45) is 17.6 Å². The fraction of sp³-hybridized carbons (Fsp3) is 0.619. The highest BCUT2D eigenvalue weighted by atomic mass is 16.5. The first-order valence-electron chi connectivity index (χ1n) is 10.0. The molecule has 6 nitrogen and oxygen atoms in total. The van der Waals surface area contributed by atoms with Gasteiger partial charge >= 0.3 is 0 Å². The van der Waals surface area contributed by atoms with Crippen LogP contribution in [0.4, 0.5) is 0 Å². The molecule has 2 heterocycles. The average molecular weight is 373 g/mol. The maximum absolute atomic E-state index is 13.0. The molecule has 1 aromatic rings. The summed E-state index contributed by atoms with van der Waals surface area (Å²) in [4.78, 5) is 29.3. The van der Waals surface area contributed by atoms with Crippen LogP contribution >= 0.6 is 0 Å². The van der Waals surface area contributed by atoms with Crippen molar-refractivity contribution in [1.29, 1.82) is 0 Å². The van der Waals surface area contributed by atoms with E-state index in [1.807, 2.05) is 40.1 Å². The highest BCUT2D eigenvalue weighted by Crippen LogP contribution is 2.27. The molecule has 3 atom stereocenters. The summed E-state index contributed by atoms with van der Waals surface area (Å²) < 4.78 is 5.63. The van der Waals surface area contributed by atoms with E-state index < -0.39 is 0 Å². The van der Waals surface area contributed by atoms with Crippen molar-refractivity contribution >= 4 is 11.8 Å². The van der Waals surface area contributed by atoms with E-state index in [0.29, 0.717) is 32.0 Å². The van der Waals surface area contributed by atoms with Crippen molar-refractivity contribution < 1.29 is 14.3 Å². The van der Waals surface area contributed by atoms with Gasteiger partial charge in [-0.3, -0.25) is 9.59 Å². The van der Waals surface area contributed by atoms with E-state index >= 15 is 0 Å². The van der Waals surface area contributed by atoms with Gasteiger partial charge in [0.25, 0.3) is 0 Å². The summed E-state index contributed by atoms with van der Waals surface area (Å²) in [5, 5.41) is 0. The minimum atomic E-state index is -0.0864. The summed E-state index contributed by atoms with van der Waals surface area (Å²) in [7, 11) is 0. The highest BCUT2D eigenvalue weighted by Gasteiger charge is 2.37. The van der Waals surface area contributed by atoms with Gasteiger partial charge in [0.1, 0.15) is 5.75 Å². The molecule has 2 N–H and O–H groups in total. The van der Waals surface area contributed by atoms with E-state index in [9.17, 15) is 9.59 Å². The summed E-state index contributed by atoms with van der Waals surface area (Å²) >= 11 is 0. The van der Waals surface area contributed by atoms with Crippen molar-refractivity contribution in [3.05, 3.63) is 30.3 Å². The molecule has 6 heteroatoms. The highest BCUT2D eigenvalue weighted by molar-refractivity contribution is 5.82. The number of hydrogen-bond acceptors (Lipinski definition) is 4. The van der Waals surface area contributed by atoms with Gasteiger partial charge in [-0.25, -0.2) is 0 Å². The van der Waals surface area contributed by atoms with Crippen LogP contribution in [0.1, 0.15) is 32.6 Å². The molecule has 3 rings (SSSR count). The molecular weight excluding hydrogens is 342 g/mol. The lowest BCUT2D eigenvalue weighted by molar-refractivity contribution is -0.141.